The normalized spacial score (nSPS) is 19.0. The Kier molecular flexibility index (Phi) is 5.84. The lowest BCUT2D eigenvalue weighted by molar-refractivity contribution is 0.195. The van der Waals surface area contributed by atoms with E-state index < -0.39 is 0 Å². The summed E-state index contributed by atoms with van der Waals surface area (Å²) < 4.78 is 0. The summed E-state index contributed by atoms with van der Waals surface area (Å²) in [5.41, 5.74) is 2.58. The van der Waals surface area contributed by atoms with Crippen molar-refractivity contribution in [2.45, 2.75) is 19.8 Å². The van der Waals surface area contributed by atoms with E-state index in [9.17, 15) is 4.79 Å². The van der Waals surface area contributed by atoms with Gasteiger partial charge in [-0.2, -0.15) is 0 Å². The molecular weight excluding hydrogens is 312 g/mol. The molecule has 1 N–H and O–H groups in total. The highest BCUT2D eigenvalue weighted by atomic mass is 16.2. The third-order valence-corrected chi connectivity index (χ3v) is 5.33. The number of amides is 2. The number of hydrogen-bond donors (Lipinski definition) is 1. The molecule has 5 heteroatoms. The summed E-state index contributed by atoms with van der Waals surface area (Å²) >= 11 is 0. The van der Waals surface area contributed by atoms with Crippen LogP contribution in [0.5, 0.6) is 0 Å². The van der Waals surface area contributed by atoms with E-state index in [0.717, 1.165) is 32.1 Å². The van der Waals surface area contributed by atoms with Gasteiger partial charge in [-0.15, -0.1) is 6.58 Å². The van der Waals surface area contributed by atoms with Gasteiger partial charge in [-0.3, -0.25) is 0 Å². The first-order valence-electron chi connectivity index (χ1n) is 9.41. The molecule has 0 saturated carbocycles. The van der Waals surface area contributed by atoms with E-state index >= 15 is 0 Å². The molecule has 0 bridgehead atoms. The summed E-state index contributed by atoms with van der Waals surface area (Å²) in [5.74, 6) is 0.857. The number of rotatable bonds is 4. The van der Waals surface area contributed by atoms with Crippen molar-refractivity contribution in [1.82, 2.24) is 10.2 Å². The summed E-state index contributed by atoms with van der Waals surface area (Å²) in [6.45, 7) is 12.1. The minimum atomic E-state index is 0.00854. The van der Waals surface area contributed by atoms with Crippen LogP contribution in [0.4, 0.5) is 16.2 Å². The first-order chi connectivity index (χ1) is 12.2. The molecule has 2 fully saturated rings. The van der Waals surface area contributed by atoms with Crippen LogP contribution >= 0.6 is 0 Å². The zero-order valence-corrected chi connectivity index (χ0v) is 15.3. The Morgan fingerprint density at radius 2 is 1.56 bits per heavy atom. The number of carbonyl (C=O) groups excluding carboxylic acids is 1. The van der Waals surface area contributed by atoms with Crippen LogP contribution in [0.1, 0.15) is 19.8 Å². The zero-order chi connectivity index (χ0) is 17.6. The molecule has 0 unspecified atom stereocenters. The smallest absolute Gasteiger partial charge is 0.317 e. The van der Waals surface area contributed by atoms with E-state index in [4.69, 9.17) is 0 Å². The summed E-state index contributed by atoms with van der Waals surface area (Å²) in [7, 11) is 0. The van der Waals surface area contributed by atoms with Crippen molar-refractivity contribution in [2.75, 3.05) is 55.6 Å². The van der Waals surface area contributed by atoms with Gasteiger partial charge in [-0.05, 0) is 43.0 Å². The lowest BCUT2D eigenvalue weighted by Gasteiger charge is -2.36. The van der Waals surface area contributed by atoms with Crippen molar-refractivity contribution in [3.63, 3.8) is 0 Å². The summed E-state index contributed by atoms with van der Waals surface area (Å²) in [4.78, 5) is 18.7. The zero-order valence-electron chi connectivity index (χ0n) is 15.3. The first-order valence-corrected chi connectivity index (χ1v) is 9.41. The topological polar surface area (TPSA) is 38.8 Å². The van der Waals surface area contributed by atoms with E-state index in [0.29, 0.717) is 6.54 Å². The van der Waals surface area contributed by atoms with Crippen molar-refractivity contribution in [2.24, 2.45) is 5.92 Å². The van der Waals surface area contributed by atoms with E-state index in [-0.39, 0.29) is 6.03 Å². The van der Waals surface area contributed by atoms with Gasteiger partial charge in [-0.1, -0.05) is 13.0 Å². The SMILES string of the molecule is C=CCNC(=O)N1CCN(c2ccc(N3CCC(C)CC3)cc2)CC1. The molecule has 5 nitrogen and oxygen atoms in total. The van der Waals surface area contributed by atoms with Crippen LogP contribution < -0.4 is 15.1 Å². The predicted octanol–water partition coefficient (Wildman–Crippen LogP) is 2.94. The monoisotopic (exact) mass is 342 g/mol. The molecule has 1 aromatic carbocycles. The minimum absolute atomic E-state index is 0.00854. The molecule has 2 aliphatic heterocycles. The standard InChI is InChI=1S/C20H30N4O/c1-3-10-21-20(25)24-15-13-23(14-16-24)19-6-4-18(5-7-19)22-11-8-17(2)9-12-22/h3-7,17H,1,8-16H2,2H3,(H,21,25). The van der Waals surface area contributed by atoms with Gasteiger partial charge in [0.1, 0.15) is 0 Å². The maximum absolute atomic E-state index is 12.0. The Balaban J connectivity index is 1.52. The number of piperazine rings is 1. The van der Waals surface area contributed by atoms with Crippen LogP contribution in [0.25, 0.3) is 0 Å². The van der Waals surface area contributed by atoms with E-state index in [1.165, 1.54) is 37.3 Å². The molecule has 0 atom stereocenters. The number of nitrogens with one attached hydrogen (secondary N) is 1. The summed E-state index contributed by atoms with van der Waals surface area (Å²) in [6.07, 6.45) is 4.29. The van der Waals surface area contributed by atoms with Crippen LogP contribution in [0.15, 0.2) is 36.9 Å². The Morgan fingerprint density at radius 3 is 2.08 bits per heavy atom. The molecule has 136 valence electrons. The fraction of sp³-hybridized carbons (Fsp3) is 0.550. The predicted molar refractivity (Wildman–Crippen MR) is 104 cm³/mol. The van der Waals surface area contributed by atoms with Gasteiger partial charge >= 0.3 is 6.03 Å². The number of benzene rings is 1. The van der Waals surface area contributed by atoms with Crippen LogP contribution in [0.3, 0.4) is 0 Å². The van der Waals surface area contributed by atoms with Gasteiger partial charge in [0.15, 0.2) is 0 Å². The van der Waals surface area contributed by atoms with Gasteiger partial charge < -0.3 is 20.0 Å². The largest absolute Gasteiger partial charge is 0.372 e. The fourth-order valence-corrected chi connectivity index (χ4v) is 3.58. The maximum Gasteiger partial charge on any atom is 0.317 e. The van der Waals surface area contributed by atoms with Crippen LogP contribution in [-0.4, -0.2) is 56.7 Å². The number of carbonyl (C=O) groups is 1. The molecule has 0 spiro atoms. The second kappa shape index (κ2) is 8.28. The van der Waals surface area contributed by atoms with Gasteiger partial charge in [0, 0.05) is 57.2 Å². The van der Waals surface area contributed by atoms with Gasteiger partial charge in [-0.25, -0.2) is 4.79 Å². The van der Waals surface area contributed by atoms with Crippen LogP contribution in [-0.2, 0) is 0 Å². The number of anilines is 2. The second-order valence-corrected chi connectivity index (χ2v) is 7.13. The molecule has 25 heavy (non-hydrogen) atoms. The van der Waals surface area contributed by atoms with E-state index in [1.807, 2.05) is 4.90 Å². The minimum Gasteiger partial charge on any atom is -0.372 e. The lowest BCUT2D eigenvalue weighted by atomic mass is 9.99. The summed E-state index contributed by atoms with van der Waals surface area (Å²) in [6, 6.07) is 8.94. The molecule has 1 aromatic rings. The number of hydrogen-bond acceptors (Lipinski definition) is 3. The highest BCUT2D eigenvalue weighted by molar-refractivity contribution is 5.74. The Morgan fingerprint density at radius 1 is 1.04 bits per heavy atom. The van der Waals surface area contributed by atoms with Gasteiger partial charge in [0.05, 0.1) is 0 Å². The summed E-state index contributed by atoms with van der Waals surface area (Å²) in [5, 5.41) is 2.85. The first kappa shape index (κ1) is 17.6. The third kappa shape index (κ3) is 4.47. The van der Waals surface area contributed by atoms with Crippen molar-refractivity contribution in [3.05, 3.63) is 36.9 Å². The maximum atomic E-state index is 12.0. The third-order valence-electron chi connectivity index (χ3n) is 5.33. The lowest BCUT2D eigenvalue weighted by Crippen LogP contribution is -2.51. The number of nitrogens with zero attached hydrogens (tertiary/aromatic N) is 3. The molecule has 0 radical (unpaired) electrons. The molecular formula is C20H30N4O. The van der Waals surface area contributed by atoms with Gasteiger partial charge in [0.25, 0.3) is 0 Å². The molecule has 0 aromatic heterocycles. The molecule has 2 heterocycles. The van der Waals surface area contributed by atoms with E-state index in [1.54, 1.807) is 6.08 Å². The van der Waals surface area contributed by atoms with Crippen molar-refractivity contribution in [3.8, 4) is 0 Å². The van der Waals surface area contributed by atoms with Gasteiger partial charge in [0.2, 0.25) is 0 Å². The Hall–Kier alpha value is -2.17. The van der Waals surface area contributed by atoms with Crippen LogP contribution in [0, 0.1) is 5.92 Å². The highest BCUT2D eigenvalue weighted by Gasteiger charge is 2.21. The molecule has 2 saturated heterocycles. The highest BCUT2D eigenvalue weighted by Crippen LogP contribution is 2.26. The molecule has 3 rings (SSSR count). The van der Waals surface area contributed by atoms with Crippen LogP contribution in [0.2, 0.25) is 0 Å². The molecule has 0 aliphatic carbocycles. The number of piperidine rings is 1. The van der Waals surface area contributed by atoms with Crippen molar-refractivity contribution in [1.29, 1.82) is 0 Å². The molecule has 2 aliphatic rings. The molecule has 2 amide bonds. The Labute approximate surface area is 151 Å². The van der Waals surface area contributed by atoms with Crippen molar-refractivity contribution >= 4 is 17.4 Å². The second-order valence-electron chi connectivity index (χ2n) is 7.13. The quantitative estimate of drug-likeness (QED) is 0.855. The number of urea groups is 1. The van der Waals surface area contributed by atoms with E-state index in [2.05, 4.69) is 52.9 Å². The average molecular weight is 342 g/mol. The average Bonchev–Trinajstić information content (AvgIpc) is 2.67. The Bertz CT molecular complexity index is 570. The van der Waals surface area contributed by atoms with Crippen molar-refractivity contribution < 1.29 is 4.79 Å². The fourth-order valence-electron chi connectivity index (χ4n) is 3.58.